The Morgan fingerprint density at radius 1 is 1.00 bits per heavy atom. The third kappa shape index (κ3) is 9.82. The van der Waals surface area contributed by atoms with Crippen LogP contribution in [0.2, 0.25) is 0 Å². The van der Waals surface area contributed by atoms with Crippen molar-refractivity contribution in [1.29, 1.82) is 0 Å². The average molecular weight is 281 g/mol. The fourth-order valence-corrected chi connectivity index (χ4v) is 2.51. The molecule has 0 unspecified atom stereocenters. The highest BCUT2D eigenvalue weighted by molar-refractivity contribution is 7.85. The highest BCUT2D eigenvalue weighted by Gasteiger charge is 2.17. The lowest BCUT2D eigenvalue weighted by Gasteiger charge is -2.32. The SMILES string of the molecule is CCCN(CC[N+](C)(C)CCC)CCS(=O)(=O)O. The predicted molar refractivity (Wildman–Crippen MR) is 75.3 cm³/mol. The predicted octanol–water partition coefficient (Wildman–Crippen LogP) is 1.07. The molecule has 1 N–H and O–H groups in total. The standard InChI is InChI=1S/C12H28N2O3S/c1-5-7-13(9-12-18(15,16)17)8-11-14(3,4)10-6-2/h5-12H2,1-4H3/p+1. The molecule has 0 radical (unpaired) electrons. The molecule has 18 heavy (non-hydrogen) atoms. The van der Waals surface area contributed by atoms with Gasteiger partial charge in [-0.05, 0) is 19.4 Å². The minimum atomic E-state index is -3.85. The molecule has 0 bridgehead atoms. The van der Waals surface area contributed by atoms with Crippen LogP contribution >= 0.6 is 0 Å². The average Bonchev–Trinajstić information content (AvgIpc) is 2.21. The van der Waals surface area contributed by atoms with E-state index in [-0.39, 0.29) is 5.75 Å². The molecule has 0 aromatic carbocycles. The molecule has 0 saturated heterocycles. The maximum atomic E-state index is 10.8. The molecule has 0 aliphatic carbocycles. The Hall–Kier alpha value is -0.170. The molecule has 5 nitrogen and oxygen atoms in total. The summed E-state index contributed by atoms with van der Waals surface area (Å²) in [7, 11) is 0.533. The van der Waals surface area contributed by atoms with Crippen LogP contribution in [0, 0.1) is 0 Å². The summed E-state index contributed by atoms with van der Waals surface area (Å²) in [6.07, 6.45) is 2.14. The fourth-order valence-electron chi connectivity index (χ4n) is 2.03. The minimum Gasteiger partial charge on any atom is -0.327 e. The van der Waals surface area contributed by atoms with Crippen molar-refractivity contribution in [1.82, 2.24) is 4.90 Å². The normalized spacial score (nSPS) is 13.2. The van der Waals surface area contributed by atoms with Crippen LogP contribution in [0.5, 0.6) is 0 Å². The Balaban J connectivity index is 4.19. The van der Waals surface area contributed by atoms with Crippen LogP contribution in [0.3, 0.4) is 0 Å². The molecule has 0 aliphatic rings. The van der Waals surface area contributed by atoms with Gasteiger partial charge in [-0.15, -0.1) is 0 Å². The minimum absolute atomic E-state index is 0.172. The second-order valence-electron chi connectivity index (χ2n) is 5.51. The molecule has 0 atom stereocenters. The second kappa shape index (κ2) is 8.09. The van der Waals surface area contributed by atoms with E-state index in [0.717, 1.165) is 43.5 Å². The number of nitrogens with zero attached hydrogens (tertiary/aromatic N) is 2. The zero-order valence-corrected chi connectivity index (χ0v) is 13.0. The Bertz CT molecular complexity index is 315. The number of quaternary nitrogens is 1. The highest BCUT2D eigenvalue weighted by atomic mass is 32.2. The molecule has 110 valence electrons. The van der Waals surface area contributed by atoms with Crippen molar-refractivity contribution < 1.29 is 17.5 Å². The van der Waals surface area contributed by atoms with E-state index in [2.05, 4.69) is 32.8 Å². The van der Waals surface area contributed by atoms with Gasteiger partial charge in [-0.1, -0.05) is 13.8 Å². The van der Waals surface area contributed by atoms with E-state index in [1.807, 2.05) is 0 Å². The van der Waals surface area contributed by atoms with Gasteiger partial charge in [-0.2, -0.15) is 8.42 Å². The van der Waals surface area contributed by atoms with Crippen molar-refractivity contribution in [3.05, 3.63) is 0 Å². The maximum Gasteiger partial charge on any atom is 0.266 e. The lowest BCUT2D eigenvalue weighted by atomic mass is 10.3. The second-order valence-corrected chi connectivity index (χ2v) is 7.08. The lowest BCUT2D eigenvalue weighted by Crippen LogP contribution is -2.46. The van der Waals surface area contributed by atoms with Crippen LogP contribution in [0.4, 0.5) is 0 Å². The third-order valence-corrected chi connectivity index (χ3v) is 3.75. The monoisotopic (exact) mass is 281 g/mol. The van der Waals surface area contributed by atoms with Crippen molar-refractivity contribution in [2.45, 2.75) is 26.7 Å². The summed E-state index contributed by atoms with van der Waals surface area (Å²) < 4.78 is 31.3. The van der Waals surface area contributed by atoms with Crippen LogP contribution in [0.25, 0.3) is 0 Å². The van der Waals surface area contributed by atoms with Crippen LogP contribution in [0.15, 0.2) is 0 Å². The van der Waals surface area contributed by atoms with E-state index in [1.165, 1.54) is 0 Å². The van der Waals surface area contributed by atoms with E-state index in [9.17, 15) is 8.42 Å². The molecule has 0 amide bonds. The molecule has 0 spiro atoms. The van der Waals surface area contributed by atoms with Crippen molar-refractivity contribution in [2.24, 2.45) is 0 Å². The molecule has 0 aromatic rings. The fraction of sp³-hybridized carbons (Fsp3) is 1.00. The lowest BCUT2D eigenvalue weighted by molar-refractivity contribution is -0.889. The Labute approximate surface area is 112 Å². The van der Waals surface area contributed by atoms with Crippen molar-refractivity contribution >= 4 is 10.1 Å². The van der Waals surface area contributed by atoms with Gasteiger partial charge in [0.2, 0.25) is 0 Å². The zero-order chi connectivity index (χ0) is 14.2. The molecule has 0 aliphatic heterocycles. The molecular formula is C12H29N2O3S+. The van der Waals surface area contributed by atoms with E-state index < -0.39 is 10.1 Å². The van der Waals surface area contributed by atoms with Crippen LogP contribution in [-0.2, 0) is 10.1 Å². The summed E-state index contributed by atoms with van der Waals surface area (Å²) in [5.41, 5.74) is 0. The first-order valence-electron chi connectivity index (χ1n) is 6.69. The molecular weight excluding hydrogens is 252 g/mol. The van der Waals surface area contributed by atoms with Gasteiger partial charge in [-0.25, -0.2) is 0 Å². The molecule has 0 saturated carbocycles. The first-order valence-corrected chi connectivity index (χ1v) is 8.30. The van der Waals surface area contributed by atoms with Crippen LogP contribution < -0.4 is 0 Å². The summed E-state index contributed by atoms with van der Waals surface area (Å²) in [4.78, 5) is 2.11. The molecule has 0 heterocycles. The first kappa shape index (κ1) is 17.8. The van der Waals surface area contributed by atoms with Gasteiger partial charge in [0.15, 0.2) is 0 Å². The molecule has 0 rings (SSSR count). The first-order chi connectivity index (χ1) is 8.20. The van der Waals surface area contributed by atoms with Gasteiger partial charge in [0.05, 0.1) is 32.9 Å². The Morgan fingerprint density at radius 3 is 2.06 bits per heavy atom. The topological polar surface area (TPSA) is 57.6 Å². The van der Waals surface area contributed by atoms with Gasteiger partial charge in [0.25, 0.3) is 10.1 Å². The number of rotatable bonds is 10. The van der Waals surface area contributed by atoms with Gasteiger partial charge in [0.1, 0.15) is 0 Å². The van der Waals surface area contributed by atoms with E-state index in [0.29, 0.717) is 6.54 Å². The van der Waals surface area contributed by atoms with Crippen molar-refractivity contribution in [2.75, 3.05) is 52.6 Å². The summed E-state index contributed by atoms with van der Waals surface area (Å²) >= 11 is 0. The quantitative estimate of drug-likeness (QED) is 0.481. The van der Waals surface area contributed by atoms with Crippen molar-refractivity contribution in [3.63, 3.8) is 0 Å². The number of hydrogen-bond donors (Lipinski definition) is 1. The summed E-state index contributed by atoms with van der Waals surface area (Å²) in [5.74, 6) is -0.172. The van der Waals surface area contributed by atoms with E-state index in [1.54, 1.807) is 0 Å². The largest absolute Gasteiger partial charge is 0.327 e. The zero-order valence-electron chi connectivity index (χ0n) is 12.2. The Morgan fingerprint density at radius 2 is 1.61 bits per heavy atom. The van der Waals surface area contributed by atoms with Gasteiger partial charge in [-0.3, -0.25) is 9.45 Å². The molecule has 6 heteroatoms. The summed E-state index contributed by atoms with van der Waals surface area (Å²) in [5, 5.41) is 0. The Kier molecular flexibility index (Phi) is 8.02. The smallest absolute Gasteiger partial charge is 0.266 e. The number of hydrogen-bond acceptors (Lipinski definition) is 3. The van der Waals surface area contributed by atoms with Crippen LogP contribution in [-0.4, -0.2) is 74.9 Å². The van der Waals surface area contributed by atoms with Crippen LogP contribution in [0.1, 0.15) is 26.7 Å². The highest BCUT2D eigenvalue weighted by Crippen LogP contribution is 2.01. The van der Waals surface area contributed by atoms with Crippen molar-refractivity contribution in [3.8, 4) is 0 Å². The molecule has 0 aromatic heterocycles. The van der Waals surface area contributed by atoms with E-state index >= 15 is 0 Å². The summed E-state index contributed by atoms with van der Waals surface area (Å²) in [6.45, 7) is 8.53. The maximum absolute atomic E-state index is 10.8. The van der Waals surface area contributed by atoms with Gasteiger partial charge in [0, 0.05) is 13.1 Å². The molecule has 0 fully saturated rings. The van der Waals surface area contributed by atoms with E-state index in [4.69, 9.17) is 4.55 Å². The van der Waals surface area contributed by atoms with Gasteiger partial charge >= 0.3 is 0 Å². The summed E-state index contributed by atoms with van der Waals surface area (Å²) in [6, 6.07) is 0. The van der Waals surface area contributed by atoms with Gasteiger partial charge < -0.3 is 4.48 Å². The number of likely N-dealkylation sites (N-methyl/N-ethyl adjacent to an activating group) is 1. The third-order valence-electron chi connectivity index (χ3n) is 3.06.